The van der Waals surface area contributed by atoms with Crippen molar-refractivity contribution in [3.05, 3.63) is 59.7 Å². The van der Waals surface area contributed by atoms with Crippen molar-refractivity contribution in [1.29, 1.82) is 0 Å². The fourth-order valence-electron chi connectivity index (χ4n) is 2.25. The molecule has 3 rings (SSSR count). The molecule has 2 nitrogen and oxygen atoms in total. The molecule has 2 aromatic rings. The van der Waals surface area contributed by atoms with Gasteiger partial charge in [-0.25, -0.2) is 0 Å². The van der Waals surface area contributed by atoms with Crippen LogP contribution in [0.4, 0.5) is 0 Å². The molecular formula is C15H16O2Si. The predicted molar refractivity (Wildman–Crippen MR) is 74.4 cm³/mol. The van der Waals surface area contributed by atoms with Gasteiger partial charge in [-0.1, -0.05) is 36.4 Å². The van der Waals surface area contributed by atoms with E-state index in [0.717, 1.165) is 17.9 Å². The van der Waals surface area contributed by atoms with Gasteiger partial charge in [-0.15, -0.1) is 0 Å². The Balaban J connectivity index is 2.14. The van der Waals surface area contributed by atoms with E-state index in [0.29, 0.717) is 0 Å². The molecule has 0 atom stereocenters. The van der Waals surface area contributed by atoms with Crippen LogP contribution in [-0.4, -0.2) is 8.56 Å². The van der Waals surface area contributed by atoms with E-state index in [-0.39, 0.29) is 0 Å². The van der Waals surface area contributed by atoms with E-state index in [4.69, 9.17) is 8.85 Å². The molecule has 1 aliphatic heterocycles. The molecular weight excluding hydrogens is 240 g/mol. The van der Waals surface area contributed by atoms with Crippen LogP contribution < -0.4 is 8.85 Å². The number of hydrogen-bond acceptors (Lipinski definition) is 2. The molecule has 0 bridgehead atoms. The van der Waals surface area contributed by atoms with E-state index in [9.17, 15) is 0 Å². The number of hydrogen-bond donors (Lipinski definition) is 0. The lowest BCUT2D eigenvalue weighted by atomic mass is 10.0. The van der Waals surface area contributed by atoms with Crippen LogP contribution in [-0.2, 0) is 6.42 Å². The Labute approximate surface area is 108 Å². The fourth-order valence-corrected chi connectivity index (χ4v) is 3.75. The van der Waals surface area contributed by atoms with Gasteiger partial charge in [0.25, 0.3) is 0 Å². The zero-order valence-corrected chi connectivity index (χ0v) is 11.6. The van der Waals surface area contributed by atoms with Crippen molar-refractivity contribution in [2.75, 3.05) is 0 Å². The van der Waals surface area contributed by atoms with E-state index < -0.39 is 8.56 Å². The maximum absolute atomic E-state index is 6.10. The fraction of sp³-hybridized carbons (Fsp3) is 0.200. The maximum Gasteiger partial charge on any atom is 0.454 e. The van der Waals surface area contributed by atoms with Gasteiger partial charge in [0.15, 0.2) is 0 Å². The summed E-state index contributed by atoms with van der Waals surface area (Å²) in [6.07, 6.45) is 0.858. The van der Waals surface area contributed by atoms with Crippen LogP contribution in [0.15, 0.2) is 48.5 Å². The summed E-state index contributed by atoms with van der Waals surface area (Å²) < 4.78 is 12.2. The monoisotopic (exact) mass is 256 g/mol. The van der Waals surface area contributed by atoms with Crippen LogP contribution in [0, 0.1) is 0 Å². The number of benzene rings is 2. The Morgan fingerprint density at radius 3 is 1.72 bits per heavy atom. The molecule has 3 heteroatoms. The Morgan fingerprint density at radius 2 is 1.22 bits per heavy atom. The molecule has 0 unspecified atom stereocenters. The quantitative estimate of drug-likeness (QED) is 0.668. The van der Waals surface area contributed by atoms with Crippen molar-refractivity contribution in [3.8, 4) is 11.5 Å². The first-order valence-electron chi connectivity index (χ1n) is 6.18. The van der Waals surface area contributed by atoms with Gasteiger partial charge in [0.1, 0.15) is 11.5 Å². The highest BCUT2D eigenvalue weighted by atomic mass is 28.4. The van der Waals surface area contributed by atoms with Crippen molar-refractivity contribution in [1.82, 2.24) is 0 Å². The minimum atomic E-state index is -2.18. The first-order chi connectivity index (χ1) is 8.64. The molecule has 0 amide bonds. The Kier molecular flexibility index (Phi) is 2.63. The molecule has 92 valence electrons. The van der Waals surface area contributed by atoms with Crippen LogP contribution in [0.5, 0.6) is 11.5 Å². The average Bonchev–Trinajstić information content (AvgIpc) is 2.31. The molecule has 0 spiro atoms. The van der Waals surface area contributed by atoms with Crippen LogP contribution in [0.2, 0.25) is 13.1 Å². The molecule has 0 saturated heterocycles. The molecule has 0 aliphatic carbocycles. The first-order valence-corrected chi connectivity index (χ1v) is 8.99. The molecule has 0 radical (unpaired) electrons. The molecule has 1 heterocycles. The molecule has 18 heavy (non-hydrogen) atoms. The van der Waals surface area contributed by atoms with Crippen LogP contribution in [0.3, 0.4) is 0 Å². The molecule has 0 saturated carbocycles. The largest absolute Gasteiger partial charge is 0.512 e. The molecule has 0 N–H and O–H groups in total. The van der Waals surface area contributed by atoms with Gasteiger partial charge in [-0.2, -0.15) is 0 Å². The maximum atomic E-state index is 6.10. The lowest BCUT2D eigenvalue weighted by Gasteiger charge is -2.29. The van der Waals surface area contributed by atoms with Crippen molar-refractivity contribution in [2.45, 2.75) is 19.5 Å². The van der Waals surface area contributed by atoms with Gasteiger partial charge in [-0.05, 0) is 23.3 Å². The number of fused-ring (bicyclic) bond motifs is 2. The van der Waals surface area contributed by atoms with E-state index >= 15 is 0 Å². The highest BCUT2D eigenvalue weighted by Crippen LogP contribution is 2.32. The third-order valence-electron chi connectivity index (χ3n) is 3.04. The standard InChI is InChI=1S/C15H16O2Si/c1-18(2)16-14-9-5-3-7-12(14)11-13-8-4-6-10-15(13)17-18/h3-10H,11H2,1-2H3. The minimum absolute atomic E-state index is 0.858. The summed E-state index contributed by atoms with van der Waals surface area (Å²) in [7, 11) is -2.18. The smallest absolute Gasteiger partial charge is 0.454 e. The van der Waals surface area contributed by atoms with E-state index in [1.807, 2.05) is 24.3 Å². The highest BCUT2D eigenvalue weighted by Gasteiger charge is 2.32. The first kappa shape index (κ1) is 11.4. The topological polar surface area (TPSA) is 18.5 Å². The van der Waals surface area contributed by atoms with Crippen molar-refractivity contribution in [2.24, 2.45) is 0 Å². The second kappa shape index (κ2) is 4.17. The van der Waals surface area contributed by atoms with Crippen molar-refractivity contribution in [3.63, 3.8) is 0 Å². The number of rotatable bonds is 0. The lowest BCUT2D eigenvalue weighted by Crippen LogP contribution is -2.42. The van der Waals surface area contributed by atoms with Crippen molar-refractivity contribution < 1.29 is 8.85 Å². The van der Waals surface area contributed by atoms with Gasteiger partial charge in [0.2, 0.25) is 0 Å². The summed E-state index contributed by atoms with van der Waals surface area (Å²) in [5, 5.41) is 0. The van der Waals surface area contributed by atoms with Crippen LogP contribution >= 0.6 is 0 Å². The number of para-hydroxylation sites is 2. The molecule has 0 fully saturated rings. The predicted octanol–water partition coefficient (Wildman–Crippen LogP) is 3.75. The van der Waals surface area contributed by atoms with Crippen molar-refractivity contribution >= 4 is 8.56 Å². The van der Waals surface area contributed by atoms with E-state index in [1.54, 1.807) is 0 Å². The normalized spacial score (nSPS) is 16.3. The lowest BCUT2D eigenvalue weighted by molar-refractivity contribution is 0.390. The third-order valence-corrected chi connectivity index (χ3v) is 4.46. The highest BCUT2D eigenvalue weighted by molar-refractivity contribution is 6.66. The molecule has 2 aromatic carbocycles. The van der Waals surface area contributed by atoms with Crippen LogP contribution in [0.1, 0.15) is 11.1 Å². The zero-order valence-electron chi connectivity index (χ0n) is 10.6. The minimum Gasteiger partial charge on any atom is -0.512 e. The Hall–Kier alpha value is -1.74. The molecule has 1 aliphatic rings. The summed E-state index contributed by atoms with van der Waals surface area (Å²) in [6, 6.07) is 16.4. The Morgan fingerprint density at radius 1 is 0.778 bits per heavy atom. The summed E-state index contributed by atoms with van der Waals surface area (Å²) in [5.41, 5.74) is 2.46. The summed E-state index contributed by atoms with van der Waals surface area (Å²) in [4.78, 5) is 0. The summed E-state index contributed by atoms with van der Waals surface area (Å²) in [6.45, 7) is 4.15. The van der Waals surface area contributed by atoms with E-state index in [2.05, 4.69) is 37.4 Å². The SMILES string of the molecule is C[Si]1(C)Oc2ccccc2Cc2ccccc2O1. The molecule has 0 aromatic heterocycles. The second-order valence-electron chi connectivity index (χ2n) is 5.00. The van der Waals surface area contributed by atoms with Crippen LogP contribution in [0.25, 0.3) is 0 Å². The van der Waals surface area contributed by atoms with Gasteiger partial charge < -0.3 is 8.85 Å². The van der Waals surface area contributed by atoms with Gasteiger partial charge in [0, 0.05) is 19.5 Å². The van der Waals surface area contributed by atoms with Gasteiger partial charge in [-0.3, -0.25) is 0 Å². The second-order valence-corrected chi connectivity index (χ2v) is 8.20. The Bertz CT molecular complexity index is 529. The average molecular weight is 256 g/mol. The van der Waals surface area contributed by atoms with Gasteiger partial charge in [0.05, 0.1) is 0 Å². The zero-order chi connectivity index (χ0) is 12.6. The van der Waals surface area contributed by atoms with Gasteiger partial charge >= 0.3 is 8.56 Å². The summed E-state index contributed by atoms with van der Waals surface area (Å²) in [5.74, 6) is 1.92. The van der Waals surface area contributed by atoms with E-state index in [1.165, 1.54) is 11.1 Å². The summed E-state index contributed by atoms with van der Waals surface area (Å²) >= 11 is 0. The third kappa shape index (κ3) is 2.14.